The van der Waals surface area contributed by atoms with Crippen LogP contribution in [0.4, 0.5) is 0 Å². The van der Waals surface area contributed by atoms with Gasteiger partial charge in [-0.25, -0.2) is 0 Å². The molecule has 6 nitrogen and oxygen atoms in total. The predicted octanol–water partition coefficient (Wildman–Crippen LogP) is 3.55. The van der Waals surface area contributed by atoms with Gasteiger partial charge in [0.05, 0.1) is 38.1 Å². The van der Waals surface area contributed by atoms with E-state index in [1.54, 1.807) is 13.8 Å². The fraction of sp³-hybridized carbons (Fsp3) is 0.417. The number of carbonyl (C=O) groups excluding carboxylic acids is 2. The highest BCUT2D eigenvalue weighted by atomic mass is 16.5. The largest absolute Gasteiger partial charge is 0.466 e. The van der Waals surface area contributed by atoms with Crippen molar-refractivity contribution >= 4 is 11.9 Å². The van der Waals surface area contributed by atoms with Crippen LogP contribution in [0.25, 0.3) is 0 Å². The van der Waals surface area contributed by atoms with Crippen LogP contribution >= 0.6 is 0 Å². The van der Waals surface area contributed by atoms with E-state index in [4.69, 9.17) is 9.47 Å². The van der Waals surface area contributed by atoms with Gasteiger partial charge >= 0.3 is 11.9 Å². The zero-order chi connectivity index (χ0) is 21.6. The number of rotatable bonds is 13. The van der Waals surface area contributed by atoms with Gasteiger partial charge in [0.1, 0.15) is 0 Å². The lowest BCUT2D eigenvalue weighted by atomic mass is 9.93. The molecule has 0 unspecified atom stereocenters. The van der Waals surface area contributed by atoms with Crippen molar-refractivity contribution in [2.75, 3.05) is 26.3 Å². The van der Waals surface area contributed by atoms with E-state index in [2.05, 4.69) is 34.9 Å². The molecule has 0 heterocycles. The molecule has 0 aromatic heterocycles. The number of hydrogen-bond donors (Lipinski definition) is 2. The molecule has 0 bridgehead atoms. The van der Waals surface area contributed by atoms with Crippen LogP contribution in [0.5, 0.6) is 0 Å². The predicted molar refractivity (Wildman–Crippen MR) is 117 cm³/mol. The van der Waals surface area contributed by atoms with Crippen LogP contribution in [-0.2, 0) is 19.1 Å². The first-order valence-corrected chi connectivity index (χ1v) is 10.5. The molecule has 2 rings (SSSR count). The molecule has 0 amide bonds. The molecular formula is C24H32N2O4. The monoisotopic (exact) mass is 412 g/mol. The molecule has 0 aliphatic rings. The van der Waals surface area contributed by atoms with Crippen LogP contribution in [0.1, 0.15) is 49.9 Å². The lowest BCUT2D eigenvalue weighted by Gasteiger charge is -2.30. The Bertz CT molecular complexity index is 687. The third-order valence-electron chi connectivity index (χ3n) is 4.65. The minimum atomic E-state index is -0.219. The van der Waals surface area contributed by atoms with Gasteiger partial charge in [-0.2, -0.15) is 0 Å². The van der Waals surface area contributed by atoms with Gasteiger partial charge in [0, 0.05) is 13.1 Å². The van der Waals surface area contributed by atoms with E-state index in [-0.39, 0.29) is 24.0 Å². The number of carbonyl (C=O) groups is 2. The third-order valence-corrected chi connectivity index (χ3v) is 4.65. The van der Waals surface area contributed by atoms with Gasteiger partial charge in [0.15, 0.2) is 0 Å². The number of benzene rings is 2. The Morgan fingerprint density at radius 1 is 0.700 bits per heavy atom. The van der Waals surface area contributed by atoms with Gasteiger partial charge in [-0.3, -0.25) is 9.59 Å². The highest BCUT2D eigenvalue weighted by molar-refractivity contribution is 5.69. The molecule has 2 N–H and O–H groups in total. The lowest BCUT2D eigenvalue weighted by molar-refractivity contribution is -0.144. The number of nitrogens with one attached hydrogen (secondary N) is 2. The molecule has 0 radical (unpaired) electrons. The highest BCUT2D eigenvalue weighted by Gasteiger charge is 2.24. The molecule has 6 heteroatoms. The van der Waals surface area contributed by atoms with Crippen LogP contribution in [0.3, 0.4) is 0 Å². The van der Waals surface area contributed by atoms with Crippen molar-refractivity contribution in [2.45, 2.75) is 38.8 Å². The maximum absolute atomic E-state index is 11.8. The van der Waals surface area contributed by atoms with Gasteiger partial charge in [0.2, 0.25) is 0 Å². The molecule has 0 aliphatic heterocycles. The van der Waals surface area contributed by atoms with Gasteiger partial charge < -0.3 is 20.1 Å². The summed E-state index contributed by atoms with van der Waals surface area (Å²) in [4.78, 5) is 23.6. The van der Waals surface area contributed by atoms with Crippen molar-refractivity contribution in [3.63, 3.8) is 0 Å². The fourth-order valence-corrected chi connectivity index (χ4v) is 3.30. The van der Waals surface area contributed by atoms with Gasteiger partial charge in [-0.05, 0) is 25.0 Å². The van der Waals surface area contributed by atoms with Crippen molar-refractivity contribution in [1.82, 2.24) is 10.6 Å². The third kappa shape index (κ3) is 7.97. The molecule has 2 aromatic carbocycles. The molecular weight excluding hydrogens is 380 g/mol. The van der Waals surface area contributed by atoms with Crippen LogP contribution in [0.2, 0.25) is 0 Å². The summed E-state index contributed by atoms with van der Waals surface area (Å²) < 4.78 is 10.1. The molecule has 2 aromatic rings. The van der Waals surface area contributed by atoms with Gasteiger partial charge in [0.25, 0.3) is 0 Å². The maximum atomic E-state index is 11.8. The van der Waals surface area contributed by atoms with E-state index in [1.165, 1.54) is 0 Å². The van der Waals surface area contributed by atoms with Crippen molar-refractivity contribution < 1.29 is 19.1 Å². The second-order valence-electron chi connectivity index (χ2n) is 6.79. The van der Waals surface area contributed by atoms with E-state index in [0.29, 0.717) is 39.1 Å². The molecule has 0 spiro atoms. The van der Waals surface area contributed by atoms with E-state index in [0.717, 1.165) is 11.1 Å². The van der Waals surface area contributed by atoms with Crippen molar-refractivity contribution in [2.24, 2.45) is 0 Å². The highest BCUT2D eigenvalue weighted by Crippen LogP contribution is 2.29. The minimum Gasteiger partial charge on any atom is -0.466 e. The van der Waals surface area contributed by atoms with E-state index in [1.807, 2.05) is 36.4 Å². The maximum Gasteiger partial charge on any atom is 0.307 e. The van der Waals surface area contributed by atoms with Crippen molar-refractivity contribution in [3.05, 3.63) is 71.8 Å². The lowest BCUT2D eigenvalue weighted by Crippen LogP contribution is -2.37. The van der Waals surface area contributed by atoms with Gasteiger partial charge in [-0.1, -0.05) is 60.7 Å². The summed E-state index contributed by atoms with van der Waals surface area (Å²) in [6.07, 6.45) is 0.586. The molecule has 0 saturated carbocycles. The Kier molecular flexibility index (Phi) is 10.6. The molecule has 162 valence electrons. The smallest absolute Gasteiger partial charge is 0.307 e. The minimum absolute atomic E-state index is 0.0924. The zero-order valence-corrected chi connectivity index (χ0v) is 17.8. The number of hydrogen-bond acceptors (Lipinski definition) is 6. The summed E-state index contributed by atoms with van der Waals surface area (Å²) in [6, 6.07) is 20.0. The Morgan fingerprint density at radius 2 is 1.07 bits per heavy atom. The first-order valence-electron chi connectivity index (χ1n) is 10.5. The summed E-state index contributed by atoms with van der Waals surface area (Å²) in [5, 5.41) is 7.02. The Labute approximate surface area is 179 Å². The summed E-state index contributed by atoms with van der Waals surface area (Å²) in [7, 11) is 0. The molecule has 0 saturated heterocycles. The summed E-state index contributed by atoms with van der Waals surface area (Å²) >= 11 is 0. The topological polar surface area (TPSA) is 76.7 Å². The SMILES string of the molecule is CCOC(=O)CCN[C@H](c1ccccc1)[C@@H](NCCC(=O)OCC)c1ccccc1. The van der Waals surface area contributed by atoms with Crippen LogP contribution in [-0.4, -0.2) is 38.2 Å². The molecule has 0 aliphatic carbocycles. The average molecular weight is 413 g/mol. The van der Waals surface area contributed by atoms with Crippen LogP contribution in [0, 0.1) is 0 Å². The summed E-state index contributed by atoms with van der Waals surface area (Å²) in [6.45, 7) is 5.34. The quantitative estimate of drug-likeness (QED) is 0.490. The van der Waals surface area contributed by atoms with E-state index < -0.39 is 0 Å². The first-order chi connectivity index (χ1) is 14.7. The fourth-order valence-electron chi connectivity index (χ4n) is 3.30. The second-order valence-corrected chi connectivity index (χ2v) is 6.79. The molecule has 30 heavy (non-hydrogen) atoms. The van der Waals surface area contributed by atoms with Crippen LogP contribution < -0.4 is 10.6 Å². The number of ether oxygens (including phenoxy) is 2. The van der Waals surface area contributed by atoms with Crippen molar-refractivity contribution in [1.29, 1.82) is 0 Å². The standard InChI is InChI=1S/C24H32N2O4/c1-3-29-21(27)15-17-25-23(19-11-7-5-8-12-19)24(20-13-9-6-10-14-20)26-18-16-22(28)30-4-2/h5-14,23-26H,3-4,15-18H2,1-2H3/t23-,24+. The summed E-state index contributed by atoms with van der Waals surface area (Å²) in [5.41, 5.74) is 2.19. The summed E-state index contributed by atoms with van der Waals surface area (Å²) in [5.74, 6) is -0.438. The zero-order valence-electron chi connectivity index (χ0n) is 17.8. The normalized spacial score (nSPS) is 12.7. The van der Waals surface area contributed by atoms with E-state index in [9.17, 15) is 9.59 Å². The Hall–Kier alpha value is -2.70. The molecule has 0 fully saturated rings. The Morgan fingerprint density at radius 3 is 1.40 bits per heavy atom. The van der Waals surface area contributed by atoms with Gasteiger partial charge in [-0.15, -0.1) is 0 Å². The average Bonchev–Trinajstić information content (AvgIpc) is 2.76. The molecule has 2 atom stereocenters. The van der Waals surface area contributed by atoms with Crippen LogP contribution in [0.15, 0.2) is 60.7 Å². The first kappa shape index (κ1) is 23.6. The number of esters is 2. The second kappa shape index (κ2) is 13.5. The van der Waals surface area contributed by atoms with Crippen molar-refractivity contribution in [3.8, 4) is 0 Å². The van der Waals surface area contributed by atoms with E-state index >= 15 is 0 Å². The Balaban J connectivity index is 2.18.